The number of esters is 1. The van der Waals surface area contributed by atoms with Crippen LogP contribution in [0.2, 0.25) is 0 Å². The van der Waals surface area contributed by atoms with Crippen LogP contribution in [0.25, 0.3) is 0 Å². The van der Waals surface area contributed by atoms with E-state index in [2.05, 4.69) is 11.5 Å². The summed E-state index contributed by atoms with van der Waals surface area (Å²) in [7, 11) is 0. The quantitative estimate of drug-likeness (QED) is 0.581. The molecule has 0 aliphatic carbocycles. The molecule has 0 amide bonds. The minimum atomic E-state index is -0.354. The third-order valence-corrected chi connectivity index (χ3v) is 3.36. The van der Waals surface area contributed by atoms with E-state index in [0.29, 0.717) is 25.7 Å². The van der Waals surface area contributed by atoms with Crippen LogP contribution >= 0.6 is 0 Å². The molecular formula is C14H23NO4. The number of nitrogens with zero attached hydrogens (tertiary/aromatic N) is 1. The van der Waals surface area contributed by atoms with Gasteiger partial charge >= 0.3 is 5.97 Å². The molecule has 0 radical (unpaired) electrons. The molecule has 1 heterocycles. The Morgan fingerprint density at radius 3 is 2.89 bits per heavy atom. The van der Waals surface area contributed by atoms with Crippen molar-refractivity contribution in [3.63, 3.8) is 0 Å². The van der Waals surface area contributed by atoms with Crippen molar-refractivity contribution in [1.82, 2.24) is 4.90 Å². The number of aliphatic hydroxyl groups excluding tert-OH is 1. The lowest BCUT2D eigenvalue weighted by Crippen LogP contribution is -2.51. The topological polar surface area (TPSA) is 66.8 Å². The van der Waals surface area contributed by atoms with Crippen LogP contribution in [0, 0.1) is 0 Å². The fraction of sp³-hybridized carbons (Fsp3) is 0.714. The fourth-order valence-electron chi connectivity index (χ4n) is 2.53. The van der Waals surface area contributed by atoms with Crippen molar-refractivity contribution < 1.29 is 19.4 Å². The minimum absolute atomic E-state index is 0.132. The van der Waals surface area contributed by atoms with Gasteiger partial charge in [0.25, 0.3) is 0 Å². The lowest BCUT2D eigenvalue weighted by Gasteiger charge is -2.47. The fourth-order valence-corrected chi connectivity index (χ4v) is 2.53. The van der Waals surface area contributed by atoms with Crippen LogP contribution in [-0.4, -0.2) is 47.1 Å². The predicted octanol–water partition coefficient (Wildman–Crippen LogP) is 1.26. The van der Waals surface area contributed by atoms with E-state index < -0.39 is 0 Å². The normalized spacial score (nSPS) is 22.2. The van der Waals surface area contributed by atoms with E-state index >= 15 is 0 Å². The van der Waals surface area contributed by atoms with Crippen molar-refractivity contribution in [2.24, 2.45) is 0 Å². The Morgan fingerprint density at radius 1 is 1.63 bits per heavy atom. The van der Waals surface area contributed by atoms with Gasteiger partial charge in [0.05, 0.1) is 19.1 Å². The van der Waals surface area contributed by atoms with Crippen LogP contribution in [0.1, 0.15) is 39.5 Å². The number of piperidine rings is 1. The number of carbonyl (C=O) groups is 2. The van der Waals surface area contributed by atoms with Crippen molar-refractivity contribution in [3.05, 3.63) is 12.3 Å². The van der Waals surface area contributed by atoms with Gasteiger partial charge in [-0.2, -0.15) is 0 Å². The highest BCUT2D eigenvalue weighted by Crippen LogP contribution is 2.32. The zero-order chi connectivity index (χ0) is 14.5. The maximum absolute atomic E-state index is 11.3. The second-order valence-electron chi connectivity index (χ2n) is 5.52. The van der Waals surface area contributed by atoms with E-state index in [1.54, 1.807) is 0 Å². The summed E-state index contributed by atoms with van der Waals surface area (Å²) in [6, 6.07) is 0. The Bertz CT molecular complexity index is 351. The largest absolute Gasteiger partial charge is 0.464 e. The molecular weight excluding hydrogens is 246 g/mol. The molecule has 0 spiro atoms. The summed E-state index contributed by atoms with van der Waals surface area (Å²) >= 11 is 0. The van der Waals surface area contributed by atoms with Crippen molar-refractivity contribution >= 4 is 12.3 Å². The summed E-state index contributed by atoms with van der Waals surface area (Å²) in [5.41, 5.74) is 0.678. The van der Waals surface area contributed by atoms with E-state index in [4.69, 9.17) is 4.74 Å². The Hall–Kier alpha value is -1.36. The van der Waals surface area contributed by atoms with Gasteiger partial charge in [-0.1, -0.05) is 6.58 Å². The molecule has 1 fully saturated rings. The van der Waals surface area contributed by atoms with Crippen molar-refractivity contribution in [2.75, 3.05) is 13.2 Å². The van der Waals surface area contributed by atoms with Crippen LogP contribution < -0.4 is 0 Å². The number of ether oxygens (including phenoxy) is 1. The third-order valence-electron chi connectivity index (χ3n) is 3.36. The molecule has 0 aromatic rings. The van der Waals surface area contributed by atoms with Crippen LogP contribution in [0.3, 0.4) is 0 Å². The number of rotatable bonds is 6. The Kier molecular flexibility index (Phi) is 5.54. The molecule has 1 saturated heterocycles. The summed E-state index contributed by atoms with van der Waals surface area (Å²) in [5, 5.41) is 9.74. The predicted molar refractivity (Wildman–Crippen MR) is 71.4 cm³/mol. The maximum Gasteiger partial charge on any atom is 0.306 e. The SMILES string of the molecule is C=C1CC(O)CC(C)(C)N1CCOC(=O)CCC=O. The summed E-state index contributed by atoms with van der Waals surface area (Å²) in [6.07, 6.45) is 1.92. The number of hydrogen-bond acceptors (Lipinski definition) is 5. The first-order chi connectivity index (χ1) is 8.86. The Morgan fingerprint density at radius 2 is 2.32 bits per heavy atom. The van der Waals surface area contributed by atoms with E-state index in [1.807, 2.05) is 13.8 Å². The smallest absolute Gasteiger partial charge is 0.306 e. The number of likely N-dealkylation sites (tertiary alicyclic amines) is 1. The van der Waals surface area contributed by atoms with Crippen molar-refractivity contribution in [2.45, 2.75) is 51.2 Å². The maximum atomic E-state index is 11.3. The number of carbonyl (C=O) groups excluding carboxylic acids is 2. The van der Waals surface area contributed by atoms with Gasteiger partial charge in [0, 0.05) is 24.1 Å². The molecule has 0 bridgehead atoms. The summed E-state index contributed by atoms with van der Waals surface area (Å²) in [6.45, 7) is 8.88. The first kappa shape index (κ1) is 15.7. The van der Waals surface area contributed by atoms with E-state index in [9.17, 15) is 14.7 Å². The molecule has 1 aliphatic rings. The van der Waals surface area contributed by atoms with Crippen molar-refractivity contribution in [3.8, 4) is 0 Å². The summed E-state index contributed by atoms with van der Waals surface area (Å²) in [4.78, 5) is 23.5. The van der Waals surface area contributed by atoms with Gasteiger partial charge in [-0.15, -0.1) is 0 Å². The van der Waals surface area contributed by atoms with Crippen LogP contribution in [0.4, 0.5) is 0 Å². The Labute approximate surface area is 114 Å². The van der Waals surface area contributed by atoms with Gasteiger partial charge in [-0.05, 0) is 20.3 Å². The van der Waals surface area contributed by atoms with Gasteiger partial charge in [0.15, 0.2) is 0 Å². The lowest BCUT2D eigenvalue weighted by molar-refractivity contribution is -0.145. The molecule has 5 nitrogen and oxygen atoms in total. The van der Waals surface area contributed by atoms with Crippen LogP contribution in [-0.2, 0) is 14.3 Å². The Balaban J connectivity index is 2.41. The third kappa shape index (κ3) is 4.67. The van der Waals surface area contributed by atoms with Crippen LogP contribution in [0.5, 0.6) is 0 Å². The average molecular weight is 269 g/mol. The second-order valence-corrected chi connectivity index (χ2v) is 5.52. The molecule has 1 unspecified atom stereocenters. The van der Waals surface area contributed by atoms with Gasteiger partial charge in [0.1, 0.15) is 12.9 Å². The second kappa shape index (κ2) is 6.70. The van der Waals surface area contributed by atoms with E-state index in [-0.39, 0.29) is 37.1 Å². The van der Waals surface area contributed by atoms with Crippen LogP contribution in [0.15, 0.2) is 12.3 Å². The zero-order valence-corrected chi connectivity index (χ0v) is 11.7. The standard InChI is InChI=1S/C14H23NO4/c1-11-9-12(17)10-14(2,3)15(11)6-8-19-13(18)5-4-7-16/h7,12,17H,1,4-6,8-10H2,2-3H3. The first-order valence-corrected chi connectivity index (χ1v) is 6.59. The van der Waals surface area contributed by atoms with E-state index in [1.165, 1.54) is 0 Å². The average Bonchev–Trinajstić information content (AvgIpc) is 2.29. The molecule has 5 heteroatoms. The highest BCUT2D eigenvalue weighted by molar-refractivity contribution is 5.72. The van der Waals surface area contributed by atoms with Gasteiger partial charge in [0.2, 0.25) is 0 Å². The molecule has 0 aromatic carbocycles. The molecule has 1 atom stereocenters. The number of hydrogen-bond donors (Lipinski definition) is 1. The van der Waals surface area contributed by atoms with Gasteiger partial charge in [-0.3, -0.25) is 4.79 Å². The molecule has 1 N–H and O–H groups in total. The lowest BCUT2D eigenvalue weighted by atomic mass is 9.87. The highest BCUT2D eigenvalue weighted by atomic mass is 16.5. The highest BCUT2D eigenvalue weighted by Gasteiger charge is 2.35. The summed E-state index contributed by atoms with van der Waals surface area (Å²) < 4.78 is 5.07. The zero-order valence-electron chi connectivity index (χ0n) is 11.7. The monoisotopic (exact) mass is 269 g/mol. The molecule has 0 aromatic heterocycles. The number of aliphatic hydroxyl groups is 1. The molecule has 1 aliphatic heterocycles. The number of aldehydes is 1. The molecule has 1 rings (SSSR count). The van der Waals surface area contributed by atoms with Gasteiger partial charge in [-0.25, -0.2) is 0 Å². The van der Waals surface area contributed by atoms with E-state index in [0.717, 1.165) is 5.70 Å². The minimum Gasteiger partial charge on any atom is -0.464 e. The van der Waals surface area contributed by atoms with Gasteiger partial charge < -0.3 is 19.5 Å². The molecule has 108 valence electrons. The first-order valence-electron chi connectivity index (χ1n) is 6.59. The summed E-state index contributed by atoms with van der Waals surface area (Å²) in [5.74, 6) is -0.354. The van der Waals surface area contributed by atoms with Crippen molar-refractivity contribution in [1.29, 1.82) is 0 Å². The molecule has 19 heavy (non-hydrogen) atoms. The molecule has 0 saturated carbocycles.